The van der Waals surface area contributed by atoms with Crippen LogP contribution in [0, 0.1) is 6.92 Å². The standard InChI is InChI=1S/C11H13N3O2/c1-3-16-10(15)6-14-5-8(2)9-4-12-7-13-11(9)14/h4-5,7H,3,6H2,1-2H3. The van der Waals surface area contributed by atoms with E-state index in [-0.39, 0.29) is 12.5 Å². The molecule has 0 unspecified atom stereocenters. The second kappa shape index (κ2) is 4.30. The summed E-state index contributed by atoms with van der Waals surface area (Å²) in [6.45, 7) is 4.34. The number of aromatic nitrogens is 3. The molecule has 0 amide bonds. The fourth-order valence-corrected chi connectivity index (χ4v) is 1.66. The van der Waals surface area contributed by atoms with E-state index in [0.717, 1.165) is 16.6 Å². The molecule has 0 atom stereocenters. The van der Waals surface area contributed by atoms with Crippen LogP contribution in [-0.4, -0.2) is 27.1 Å². The third-order valence-electron chi connectivity index (χ3n) is 2.34. The Balaban J connectivity index is 2.34. The molecule has 5 heteroatoms. The second-order valence-electron chi connectivity index (χ2n) is 3.51. The smallest absolute Gasteiger partial charge is 0.325 e. The van der Waals surface area contributed by atoms with Crippen molar-refractivity contribution in [3.8, 4) is 0 Å². The zero-order chi connectivity index (χ0) is 11.5. The van der Waals surface area contributed by atoms with Gasteiger partial charge in [0, 0.05) is 17.8 Å². The first-order valence-corrected chi connectivity index (χ1v) is 5.13. The van der Waals surface area contributed by atoms with Crippen molar-refractivity contribution in [2.24, 2.45) is 0 Å². The Labute approximate surface area is 93.1 Å². The minimum atomic E-state index is -0.252. The molecule has 0 aliphatic heterocycles. The Hall–Kier alpha value is -1.91. The number of carbonyl (C=O) groups is 1. The fraction of sp³-hybridized carbons (Fsp3) is 0.364. The maximum Gasteiger partial charge on any atom is 0.325 e. The van der Waals surface area contributed by atoms with Gasteiger partial charge in [-0.2, -0.15) is 0 Å². The normalized spacial score (nSPS) is 10.6. The Morgan fingerprint density at radius 1 is 1.56 bits per heavy atom. The highest BCUT2D eigenvalue weighted by Crippen LogP contribution is 2.16. The quantitative estimate of drug-likeness (QED) is 0.730. The van der Waals surface area contributed by atoms with E-state index < -0.39 is 0 Å². The molecule has 2 aromatic rings. The van der Waals surface area contributed by atoms with Crippen LogP contribution in [0.25, 0.3) is 11.0 Å². The van der Waals surface area contributed by atoms with E-state index in [1.165, 1.54) is 6.33 Å². The van der Waals surface area contributed by atoms with Crippen molar-refractivity contribution in [2.75, 3.05) is 6.61 Å². The van der Waals surface area contributed by atoms with Gasteiger partial charge in [-0.1, -0.05) is 0 Å². The van der Waals surface area contributed by atoms with Gasteiger partial charge < -0.3 is 9.30 Å². The summed E-state index contributed by atoms with van der Waals surface area (Å²) >= 11 is 0. The topological polar surface area (TPSA) is 57.0 Å². The van der Waals surface area contributed by atoms with Crippen LogP contribution in [0.15, 0.2) is 18.7 Å². The highest BCUT2D eigenvalue weighted by Gasteiger charge is 2.10. The lowest BCUT2D eigenvalue weighted by Crippen LogP contribution is -2.12. The van der Waals surface area contributed by atoms with E-state index in [4.69, 9.17) is 4.74 Å². The van der Waals surface area contributed by atoms with Gasteiger partial charge in [-0.25, -0.2) is 9.97 Å². The van der Waals surface area contributed by atoms with E-state index in [2.05, 4.69) is 9.97 Å². The number of hydrogen-bond donors (Lipinski definition) is 0. The third-order valence-corrected chi connectivity index (χ3v) is 2.34. The summed E-state index contributed by atoms with van der Waals surface area (Å²) in [5.41, 5.74) is 1.82. The van der Waals surface area contributed by atoms with Gasteiger partial charge in [-0.3, -0.25) is 4.79 Å². The van der Waals surface area contributed by atoms with Crippen LogP contribution in [-0.2, 0) is 16.1 Å². The Kier molecular flexibility index (Phi) is 2.85. The minimum Gasteiger partial charge on any atom is -0.465 e. The summed E-state index contributed by atoms with van der Waals surface area (Å²) in [5.74, 6) is -0.252. The average Bonchev–Trinajstić information content (AvgIpc) is 2.57. The molecule has 5 nitrogen and oxygen atoms in total. The molecule has 0 saturated heterocycles. The summed E-state index contributed by atoms with van der Waals surface area (Å²) in [4.78, 5) is 19.5. The second-order valence-corrected chi connectivity index (χ2v) is 3.51. The summed E-state index contributed by atoms with van der Waals surface area (Å²) in [7, 11) is 0. The van der Waals surface area contributed by atoms with Gasteiger partial charge in [0.25, 0.3) is 0 Å². The molecular weight excluding hydrogens is 206 g/mol. The summed E-state index contributed by atoms with van der Waals surface area (Å²) in [6, 6.07) is 0. The third kappa shape index (κ3) is 1.88. The first kappa shape index (κ1) is 10.6. The van der Waals surface area contributed by atoms with Crippen molar-refractivity contribution >= 4 is 17.0 Å². The molecule has 0 saturated carbocycles. The first-order valence-electron chi connectivity index (χ1n) is 5.13. The van der Waals surface area contributed by atoms with Crippen molar-refractivity contribution in [3.05, 3.63) is 24.3 Å². The molecule has 0 aromatic carbocycles. The molecule has 84 valence electrons. The lowest BCUT2D eigenvalue weighted by molar-refractivity contribution is -0.143. The van der Waals surface area contributed by atoms with E-state index in [1.54, 1.807) is 17.7 Å². The maximum atomic E-state index is 11.4. The van der Waals surface area contributed by atoms with Gasteiger partial charge in [-0.15, -0.1) is 0 Å². The van der Waals surface area contributed by atoms with Crippen LogP contribution in [0.4, 0.5) is 0 Å². The van der Waals surface area contributed by atoms with Crippen molar-refractivity contribution in [1.82, 2.24) is 14.5 Å². The van der Waals surface area contributed by atoms with Gasteiger partial charge in [0.05, 0.1) is 6.61 Å². The minimum absolute atomic E-state index is 0.190. The first-order chi connectivity index (χ1) is 7.72. The Morgan fingerprint density at radius 2 is 2.38 bits per heavy atom. The molecule has 0 spiro atoms. The molecule has 0 fully saturated rings. The van der Waals surface area contributed by atoms with Crippen LogP contribution in [0.1, 0.15) is 12.5 Å². The zero-order valence-electron chi connectivity index (χ0n) is 9.30. The number of hydrogen-bond acceptors (Lipinski definition) is 4. The van der Waals surface area contributed by atoms with Gasteiger partial charge in [0.2, 0.25) is 0 Å². The van der Waals surface area contributed by atoms with Gasteiger partial charge in [0.1, 0.15) is 18.5 Å². The molecule has 0 radical (unpaired) electrons. The molecule has 0 N–H and O–H groups in total. The van der Waals surface area contributed by atoms with Crippen molar-refractivity contribution < 1.29 is 9.53 Å². The number of carbonyl (C=O) groups excluding carboxylic acids is 1. The van der Waals surface area contributed by atoms with Crippen LogP contribution in [0.3, 0.4) is 0 Å². The largest absolute Gasteiger partial charge is 0.465 e. The van der Waals surface area contributed by atoms with Crippen LogP contribution < -0.4 is 0 Å². The highest BCUT2D eigenvalue weighted by atomic mass is 16.5. The molecule has 2 heterocycles. The number of esters is 1. The van der Waals surface area contributed by atoms with E-state index in [1.807, 2.05) is 13.1 Å². The lowest BCUT2D eigenvalue weighted by atomic mass is 10.3. The monoisotopic (exact) mass is 219 g/mol. The van der Waals surface area contributed by atoms with Crippen LogP contribution >= 0.6 is 0 Å². The molecule has 0 aliphatic rings. The van der Waals surface area contributed by atoms with Crippen LogP contribution in [0.2, 0.25) is 0 Å². The number of rotatable bonds is 3. The molecule has 16 heavy (non-hydrogen) atoms. The van der Waals surface area contributed by atoms with Crippen molar-refractivity contribution in [2.45, 2.75) is 20.4 Å². The maximum absolute atomic E-state index is 11.4. The predicted molar refractivity (Wildman–Crippen MR) is 58.9 cm³/mol. The molecule has 0 bridgehead atoms. The van der Waals surface area contributed by atoms with Crippen molar-refractivity contribution in [1.29, 1.82) is 0 Å². The average molecular weight is 219 g/mol. The van der Waals surface area contributed by atoms with Crippen molar-refractivity contribution in [3.63, 3.8) is 0 Å². The Bertz CT molecular complexity index is 519. The number of fused-ring (bicyclic) bond motifs is 1. The SMILES string of the molecule is CCOC(=O)Cn1cc(C)c2cncnc21. The highest BCUT2D eigenvalue weighted by molar-refractivity contribution is 5.81. The predicted octanol–water partition coefficient (Wildman–Crippen LogP) is 1.30. The molecular formula is C11H13N3O2. The summed E-state index contributed by atoms with van der Waals surface area (Å²) < 4.78 is 6.68. The molecule has 2 aromatic heterocycles. The fourth-order valence-electron chi connectivity index (χ4n) is 1.66. The van der Waals surface area contributed by atoms with E-state index in [0.29, 0.717) is 6.61 Å². The summed E-state index contributed by atoms with van der Waals surface area (Å²) in [5, 5.41) is 0.965. The molecule has 0 aliphatic carbocycles. The number of ether oxygens (including phenoxy) is 1. The van der Waals surface area contributed by atoms with Gasteiger partial charge >= 0.3 is 5.97 Å². The summed E-state index contributed by atoms with van der Waals surface area (Å²) in [6.07, 6.45) is 5.11. The van der Waals surface area contributed by atoms with E-state index >= 15 is 0 Å². The number of nitrogens with zero attached hydrogens (tertiary/aromatic N) is 3. The van der Waals surface area contributed by atoms with Gasteiger partial charge in [-0.05, 0) is 19.4 Å². The van der Waals surface area contributed by atoms with Crippen LogP contribution in [0.5, 0.6) is 0 Å². The van der Waals surface area contributed by atoms with E-state index in [9.17, 15) is 4.79 Å². The molecule has 2 rings (SSSR count). The zero-order valence-corrected chi connectivity index (χ0v) is 9.30. The Morgan fingerprint density at radius 3 is 3.12 bits per heavy atom. The van der Waals surface area contributed by atoms with Gasteiger partial charge in [0.15, 0.2) is 0 Å². The lowest BCUT2D eigenvalue weighted by Gasteiger charge is -2.03. The number of aryl methyl sites for hydroxylation is 1.